The Labute approximate surface area is 126 Å². The number of hydrogen-bond donors (Lipinski definition) is 0. The summed E-state index contributed by atoms with van der Waals surface area (Å²) >= 11 is 0. The van der Waals surface area contributed by atoms with Crippen LogP contribution in [0.3, 0.4) is 0 Å². The van der Waals surface area contributed by atoms with Crippen molar-refractivity contribution in [3.63, 3.8) is 0 Å². The van der Waals surface area contributed by atoms with E-state index in [1.165, 1.54) is 0 Å². The lowest BCUT2D eigenvalue weighted by molar-refractivity contribution is -0.313. The number of rotatable bonds is 3. The van der Waals surface area contributed by atoms with Crippen molar-refractivity contribution in [2.75, 3.05) is 18.6 Å². The van der Waals surface area contributed by atoms with E-state index in [9.17, 15) is 14.7 Å². The Bertz CT molecular complexity index is 682. The van der Waals surface area contributed by atoms with Crippen molar-refractivity contribution in [3.05, 3.63) is 36.4 Å². The Morgan fingerprint density at radius 3 is 2.77 bits per heavy atom. The molecule has 3 heterocycles. The van der Waals surface area contributed by atoms with Gasteiger partial charge in [-0.1, -0.05) is 12.2 Å². The van der Waals surface area contributed by atoms with E-state index < -0.39 is 29.5 Å². The van der Waals surface area contributed by atoms with Crippen LogP contribution in [-0.2, 0) is 14.3 Å². The topological polar surface area (TPSA) is 78.9 Å². The summed E-state index contributed by atoms with van der Waals surface area (Å²) in [5.74, 6) is -2.40. The van der Waals surface area contributed by atoms with Crippen LogP contribution < -0.4 is 14.7 Å². The molecule has 1 amide bonds. The molecule has 1 aromatic rings. The van der Waals surface area contributed by atoms with Crippen molar-refractivity contribution in [2.24, 2.45) is 11.8 Å². The van der Waals surface area contributed by atoms with Gasteiger partial charge in [0.15, 0.2) is 0 Å². The molecule has 1 aromatic carbocycles. The molecule has 114 valence electrons. The minimum atomic E-state index is -1.23. The highest BCUT2D eigenvalue weighted by molar-refractivity contribution is 6.02. The van der Waals surface area contributed by atoms with Gasteiger partial charge in [-0.15, -0.1) is 0 Å². The van der Waals surface area contributed by atoms with Gasteiger partial charge in [0, 0.05) is 17.6 Å². The van der Waals surface area contributed by atoms with Gasteiger partial charge in [-0.2, -0.15) is 0 Å². The second-order valence-corrected chi connectivity index (χ2v) is 5.84. The number of ether oxygens (including phenoxy) is 2. The molecule has 22 heavy (non-hydrogen) atoms. The first-order valence-electron chi connectivity index (χ1n) is 7.09. The van der Waals surface area contributed by atoms with Gasteiger partial charge in [0.2, 0.25) is 5.91 Å². The molecule has 6 heteroatoms. The van der Waals surface area contributed by atoms with E-state index in [4.69, 9.17) is 9.47 Å². The van der Waals surface area contributed by atoms with E-state index in [2.05, 4.69) is 0 Å². The summed E-state index contributed by atoms with van der Waals surface area (Å²) in [5, 5.41) is 11.4. The highest BCUT2D eigenvalue weighted by Gasteiger charge is 2.65. The summed E-state index contributed by atoms with van der Waals surface area (Å²) in [7, 11) is 1.57. The Morgan fingerprint density at radius 1 is 1.41 bits per heavy atom. The fourth-order valence-corrected chi connectivity index (χ4v) is 3.75. The van der Waals surface area contributed by atoms with E-state index in [0.29, 0.717) is 18.0 Å². The second kappa shape index (κ2) is 4.33. The van der Waals surface area contributed by atoms with Crippen LogP contribution in [0.4, 0.5) is 5.69 Å². The molecular weight excluding hydrogens is 286 g/mol. The van der Waals surface area contributed by atoms with Crippen LogP contribution in [0.1, 0.15) is 0 Å². The van der Waals surface area contributed by atoms with Crippen molar-refractivity contribution in [1.29, 1.82) is 0 Å². The molecule has 2 saturated heterocycles. The predicted molar refractivity (Wildman–Crippen MR) is 74.1 cm³/mol. The number of nitrogens with zero attached hydrogens (tertiary/aromatic N) is 1. The molecular formula is C16H14NO5-. The molecule has 2 bridgehead atoms. The van der Waals surface area contributed by atoms with E-state index in [0.717, 1.165) is 0 Å². The Balaban J connectivity index is 1.70. The van der Waals surface area contributed by atoms with Gasteiger partial charge in [-0.05, 0) is 24.3 Å². The van der Waals surface area contributed by atoms with Gasteiger partial charge in [0.1, 0.15) is 11.4 Å². The fraction of sp³-hybridized carbons (Fsp3) is 0.375. The van der Waals surface area contributed by atoms with Crippen LogP contribution in [-0.4, -0.2) is 37.2 Å². The normalized spacial score (nSPS) is 35.0. The fourth-order valence-electron chi connectivity index (χ4n) is 3.75. The van der Waals surface area contributed by atoms with Crippen molar-refractivity contribution in [3.8, 4) is 5.75 Å². The second-order valence-electron chi connectivity index (χ2n) is 5.84. The highest BCUT2D eigenvalue weighted by atomic mass is 16.5. The molecule has 0 unspecified atom stereocenters. The van der Waals surface area contributed by atoms with Gasteiger partial charge in [0.25, 0.3) is 0 Å². The Hall–Kier alpha value is -2.34. The van der Waals surface area contributed by atoms with Crippen molar-refractivity contribution in [2.45, 2.75) is 11.7 Å². The number of carbonyl (C=O) groups excluding carboxylic acids is 2. The summed E-state index contributed by atoms with van der Waals surface area (Å²) in [6, 6.07) is 7.08. The third kappa shape index (κ3) is 1.58. The smallest absolute Gasteiger partial charge is 0.234 e. The molecule has 0 aliphatic carbocycles. The van der Waals surface area contributed by atoms with E-state index in [1.54, 1.807) is 42.4 Å². The Kier molecular flexibility index (Phi) is 2.62. The standard InChI is InChI=1S/C16H15NO5/c1-21-10-4-2-9(3-5-10)17-8-16-7-6-11(22-16)12(15(19)20)13(16)14(17)18/h2-7,11-13H,8H2,1H3,(H,19,20)/p-1/t11-,12-,13-,16+/m0/s1. The zero-order valence-corrected chi connectivity index (χ0v) is 11.9. The summed E-state index contributed by atoms with van der Waals surface area (Å²) < 4.78 is 10.9. The lowest BCUT2D eigenvalue weighted by atomic mass is 9.77. The molecule has 0 radical (unpaired) electrons. The average Bonchev–Trinajstić information content (AvgIpc) is 3.15. The quantitative estimate of drug-likeness (QED) is 0.718. The molecule has 6 nitrogen and oxygen atoms in total. The van der Waals surface area contributed by atoms with Crippen LogP contribution in [0.25, 0.3) is 0 Å². The van der Waals surface area contributed by atoms with Gasteiger partial charge >= 0.3 is 0 Å². The number of benzene rings is 1. The van der Waals surface area contributed by atoms with Crippen LogP contribution in [0, 0.1) is 11.8 Å². The number of aliphatic carboxylic acids is 1. The van der Waals surface area contributed by atoms with E-state index in [-0.39, 0.29) is 5.91 Å². The van der Waals surface area contributed by atoms with Crippen LogP contribution in [0.5, 0.6) is 5.75 Å². The maximum atomic E-state index is 12.7. The third-order valence-corrected chi connectivity index (χ3v) is 4.76. The molecule has 1 spiro atoms. The molecule has 4 rings (SSSR count). The van der Waals surface area contributed by atoms with Crippen molar-refractivity contribution < 1.29 is 24.2 Å². The zero-order valence-electron chi connectivity index (χ0n) is 11.9. The van der Waals surface area contributed by atoms with Gasteiger partial charge in [-0.3, -0.25) is 4.79 Å². The number of anilines is 1. The Morgan fingerprint density at radius 2 is 2.14 bits per heavy atom. The van der Waals surface area contributed by atoms with Crippen molar-refractivity contribution in [1.82, 2.24) is 0 Å². The monoisotopic (exact) mass is 300 g/mol. The van der Waals surface area contributed by atoms with Crippen LogP contribution in [0.2, 0.25) is 0 Å². The maximum absolute atomic E-state index is 12.7. The predicted octanol–water partition coefficient (Wildman–Crippen LogP) is -0.269. The molecule has 4 atom stereocenters. The first kappa shape index (κ1) is 13.3. The molecule has 0 aromatic heterocycles. The van der Waals surface area contributed by atoms with Crippen molar-refractivity contribution >= 4 is 17.6 Å². The minimum Gasteiger partial charge on any atom is -0.550 e. The molecule has 0 saturated carbocycles. The van der Waals surface area contributed by atoms with Gasteiger partial charge < -0.3 is 24.3 Å². The average molecular weight is 300 g/mol. The summed E-state index contributed by atoms with van der Waals surface area (Å²) in [5.41, 5.74) is -0.140. The summed E-state index contributed by atoms with van der Waals surface area (Å²) in [6.45, 7) is 0.319. The van der Waals surface area contributed by atoms with Crippen LogP contribution >= 0.6 is 0 Å². The zero-order chi connectivity index (χ0) is 15.5. The number of methoxy groups -OCH3 is 1. The van der Waals surface area contributed by atoms with E-state index >= 15 is 0 Å². The molecule has 2 fully saturated rings. The lowest BCUT2D eigenvalue weighted by Crippen LogP contribution is -2.45. The number of carboxylic acid groups (broad SMARTS) is 1. The summed E-state index contributed by atoms with van der Waals surface area (Å²) in [6.07, 6.45) is 2.99. The first-order valence-corrected chi connectivity index (χ1v) is 7.09. The number of fused-ring (bicyclic) bond motifs is 1. The lowest BCUT2D eigenvalue weighted by Gasteiger charge is -2.24. The number of carboxylic acids is 1. The molecule has 3 aliphatic heterocycles. The maximum Gasteiger partial charge on any atom is 0.234 e. The largest absolute Gasteiger partial charge is 0.550 e. The third-order valence-electron chi connectivity index (χ3n) is 4.76. The summed E-state index contributed by atoms with van der Waals surface area (Å²) in [4.78, 5) is 25.7. The van der Waals surface area contributed by atoms with Gasteiger partial charge in [0.05, 0.1) is 25.7 Å². The molecule has 3 aliphatic rings. The number of carbonyl (C=O) groups is 2. The first-order chi connectivity index (χ1) is 10.6. The molecule has 0 N–H and O–H groups in total. The number of hydrogen-bond acceptors (Lipinski definition) is 5. The number of amides is 1. The van der Waals surface area contributed by atoms with Crippen LogP contribution in [0.15, 0.2) is 36.4 Å². The van der Waals surface area contributed by atoms with E-state index in [1.807, 2.05) is 6.08 Å². The highest BCUT2D eigenvalue weighted by Crippen LogP contribution is 2.52. The van der Waals surface area contributed by atoms with Gasteiger partial charge in [-0.25, -0.2) is 0 Å². The SMILES string of the molecule is COc1ccc(N2C[C@@]34C=C[C@H](O3)[C@H](C(=O)[O-])[C@H]4C2=O)cc1. The minimum absolute atomic E-state index is 0.230.